The minimum atomic E-state index is -4.33. The summed E-state index contributed by atoms with van der Waals surface area (Å²) < 4.78 is 71.0. The van der Waals surface area contributed by atoms with Crippen LogP contribution in [0.25, 0.3) is 0 Å². The first-order chi connectivity index (χ1) is 7.66. The molecule has 0 bridgehead atoms. The van der Waals surface area contributed by atoms with E-state index < -0.39 is 38.0 Å². The molecular formula is C8H9F6N3. The van der Waals surface area contributed by atoms with Gasteiger partial charge in [0.25, 0.3) is 0 Å². The molecule has 9 heteroatoms. The summed E-state index contributed by atoms with van der Waals surface area (Å²) in [5.41, 5.74) is 0. The quantitative estimate of drug-likeness (QED) is 0.847. The molecule has 0 aromatic carbocycles. The lowest BCUT2D eigenvalue weighted by Gasteiger charge is -2.03. The molecular weight excluding hydrogens is 252 g/mol. The third-order valence-corrected chi connectivity index (χ3v) is 1.86. The molecule has 0 saturated carbocycles. The number of rotatable bonds is 4. The number of nitrogens with zero attached hydrogens (tertiary/aromatic N) is 2. The van der Waals surface area contributed by atoms with Crippen LogP contribution in [0.2, 0.25) is 0 Å². The SMILES string of the molecule is FC(F)(F)CCc1n[nH]c(CCC(F)(F)F)n1. The fourth-order valence-corrected chi connectivity index (χ4v) is 1.07. The third kappa shape index (κ3) is 6.12. The first-order valence-electron chi connectivity index (χ1n) is 4.69. The lowest BCUT2D eigenvalue weighted by Crippen LogP contribution is -2.10. The molecule has 1 rings (SSSR count). The molecule has 0 spiro atoms. The molecule has 98 valence electrons. The number of aromatic nitrogens is 3. The highest BCUT2D eigenvalue weighted by atomic mass is 19.4. The Labute approximate surface area is 92.2 Å². The summed E-state index contributed by atoms with van der Waals surface area (Å²) in [6, 6.07) is 0. The molecule has 0 aliphatic rings. The highest BCUT2D eigenvalue weighted by Gasteiger charge is 2.28. The van der Waals surface area contributed by atoms with E-state index in [0.717, 1.165) is 0 Å². The Morgan fingerprint density at radius 1 is 0.882 bits per heavy atom. The van der Waals surface area contributed by atoms with Crippen LogP contribution in [0.3, 0.4) is 0 Å². The first-order valence-corrected chi connectivity index (χ1v) is 4.69. The number of aryl methyl sites for hydroxylation is 2. The highest BCUT2D eigenvalue weighted by Crippen LogP contribution is 2.22. The van der Waals surface area contributed by atoms with Crippen LogP contribution in [0.4, 0.5) is 26.3 Å². The lowest BCUT2D eigenvalue weighted by atomic mass is 10.3. The Morgan fingerprint density at radius 3 is 1.94 bits per heavy atom. The summed E-state index contributed by atoms with van der Waals surface area (Å²) in [6.07, 6.45) is -11.7. The van der Waals surface area contributed by atoms with E-state index in [4.69, 9.17) is 0 Å². The Hall–Kier alpha value is -1.28. The molecule has 0 amide bonds. The minimum absolute atomic E-state index is 0.0560. The van der Waals surface area contributed by atoms with Crippen LogP contribution in [0.15, 0.2) is 0 Å². The predicted octanol–water partition coefficient (Wildman–Crippen LogP) is 2.79. The van der Waals surface area contributed by atoms with Gasteiger partial charge in [-0.1, -0.05) is 0 Å². The van der Waals surface area contributed by atoms with Crippen molar-refractivity contribution in [1.29, 1.82) is 0 Å². The molecule has 17 heavy (non-hydrogen) atoms. The van der Waals surface area contributed by atoms with Crippen molar-refractivity contribution in [1.82, 2.24) is 15.2 Å². The Balaban J connectivity index is 2.43. The number of hydrogen-bond acceptors (Lipinski definition) is 2. The number of aromatic amines is 1. The van der Waals surface area contributed by atoms with E-state index in [1.807, 2.05) is 0 Å². The summed E-state index contributed by atoms with van der Waals surface area (Å²) in [6.45, 7) is 0. The zero-order chi connectivity index (χ0) is 13.1. The van der Waals surface area contributed by atoms with Crippen molar-refractivity contribution >= 4 is 0 Å². The molecule has 0 radical (unpaired) electrons. The largest absolute Gasteiger partial charge is 0.389 e. The summed E-state index contributed by atoms with van der Waals surface area (Å²) in [7, 11) is 0. The second kappa shape index (κ2) is 4.92. The minimum Gasteiger partial charge on any atom is -0.263 e. The van der Waals surface area contributed by atoms with Crippen LogP contribution in [0.5, 0.6) is 0 Å². The van der Waals surface area contributed by atoms with Crippen LogP contribution in [0, 0.1) is 0 Å². The molecule has 1 heterocycles. The molecule has 0 atom stereocenters. The van der Waals surface area contributed by atoms with Gasteiger partial charge in [0.1, 0.15) is 5.82 Å². The molecule has 0 fully saturated rings. The van der Waals surface area contributed by atoms with Crippen LogP contribution in [0.1, 0.15) is 24.5 Å². The van der Waals surface area contributed by atoms with Gasteiger partial charge in [-0.25, -0.2) is 4.98 Å². The van der Waals surface area contributed by atoms with E-state index in [1.54, 1.807) is 0 Å². The number of alkyl halides is 6. The maximum atomic E-state index is 11.8. The van der Waals surface area contributed by atoms with Gasteiger partial charge in [0, 0.05) is 12.8 Å². The van der Waals surface area contributed by atoms with Crippen LogP contribution in [-0.2, 0) is 12.8 Å². The predicted molar refractivity (Wildman–Crippen MR) is 45.1 cm³/mol. The van der Waals surface area contributed by atoms with Gasteiger partial charge in [0.2, 0.25) is 0 Å². The maximum absolute atomic E-state index is 11.8. The number of halogens is 6. The van der Waals surface area contributed by atoms with Crippen molar-refractivity contribution in [3.8, 4) is 0 Å². The monoisotopic (exact) mass is 261 g/mol. The molecule has 0 aliphatic heterocycles. The molecule has 1 aromatic heterocycles. The zero-order valence-electron chi connectivity index (χ0n) is 8.49. The standard InChI is InChI=1S/C8H9F6N3/c9-7(10,11)3-1-5-15-6(17-16-5)2-4-8(12,13)14/h1-4H2,(H,15,16,17). The van der Waals surface area contributed by atoms with Gasteiger partial charge in [0.05, 0.1) is 12.8 Å². The molecule has 3 nitrogen and oxygen atoms in total. The van der Waals surface area contributed by atoms with Gasteiger partial charge in [0.15, 0.2) is 5.82 Å². The third-order valence-electron chi connectivity index (χ3n) is 1.86. The maximum Gasteiger partial charge on any atom is 0.389 e. The average Bonchev–Trinajstić information content (AvgIpc) is 2.57. The fraction of sp³-hybridized carbons (Fsp3) is 0.750. The van der Waals surface area contributed by atoms with Gasteiger partial charge >= 0.3 is 12.4 Å². The molecule has 1 aromatic rings. The smallest absolute Gasteiger partial charge is 0.263 e. The average molecular weight is 261 g/mol. The van der Waals surface area contributed by atoms with Gasteiger partial charge in [-0.3, -0.25) is 5.10 Å². The van der Waals surface area contributed by atoms with Crippen LogP contribution >= 0.6 is 0 Å². The number of hydrogen-bond donors (Lipinski definition) is 1. The van der Waals surface area contributed by atoms with Crippen molar-refractivity contribution in [2.24, 2.45) is 0 Å². The second-order valence-corrected chi connectivity index (χ2v) is 3.43. The van der Waals surface area contributed by atoms with Crippen molar-refractivity contribution < 1.29 is 26.3 Å². The van der Waals surface area contributed by atoms with Crippen LogP contribution in [-0.4, -0.2) is 27.5 Å². The van der Waals surface area contributed by atoms with Crippen molar-refractivity contribution in [2.45, 2.75) is 38.0 Å². The highest BCUT2D eigenvalue weighted by molar-refractivity contribution is 4.91. The van der Waals surface area contributed by atoms with E-state index in [9.17, 15) is 26.3 Å². The van der Waals surface area contributed by atoms with Crippen molar-refractivity contribution in [3.63, 3.8) is 0 Å². The Kier molecular flexibility index (Phi) is 3.99. The van der Waals surface area contributed by atoms with E-state index in [1.165, 1.54) is 0 Å². The molecule has 0 unspecified atom stereocenters. The van der Waals surface area contributed by atoms with Gasteiger partial charge < -0.3 is 0 Å². The first kappa shape index (κ1) is 13.8. The van der Waals surface area contributed by atoms with E-state index in [-0.39, 0.29) is 11.6 Å². The number of nitrogens with one attached hydrogen (secondary N) is 1. The van der Waals surface area contributed by atoms with Crippen LogP contribution < -0.4 is 0 Å². The Bertz CT molecular complexity index is 320. The topological polar surface area (TPSA) is 41.6 Å². The summed E-state index contributed by atoms with van der Waals surface area (Å²) in [5.74, 6) is -0.181. The summed E-state index contributed by atoms with van der Waals surface area (Å²) in [5, 5.41) is 5.60. The van der Waals surface area contributed by atoms with Crippen molar-refractivity contribution in [3.05, 3.63) is 11.6 Å². The molecule has 0 aliphatic carbocycles. The molecule has 0 saturated heterocycles. The lowest BCUT2D eigenvalue weighted by molar-refractivity contribution is -0.134. The van der Waals surface area contributed by atoms with Gasteiger partial charge in [-0.2, -0.15) is 31.4 Å². The Morgan fingerprint density at radius 2 is 1.41 bits per heavy atom. The number of H-pyrrole nitrogens is 1. The van der Waals surface area contributed by atoms with E-state index >= 15 is 0 Å². The molecule has 1 N–H and O–H groups in total. The van der Waals surface area contributed by atoms with Gasteiger partial charge in [-0.15, -0.1) is 0 Å². The second-order valence-electron chi connectivity index (χ2n) is 3.43. The summed E-state index contributed by atoms with van der Waals surface area (Å²) in [4.78, 5) is 3.55. The van der Waals surface area contributed by atoms with E-state index in [2.05, 4.69) is 15.2 Å². The zero-order valence-corrected chi connectivity index (χ0v) is 8.49. The normalized spacial score (nSPS) is 13.1. The van der Waals surface area contributed by atoms with Gasteiger partial charge in [-0.05, 0) is 0 Å². The van der Waals surface area contributed by atoms with E-state index in [0.29, 0.717) is 0 Å². The van der Waals surface area contributed by atoms with Crippen molar-refractivity contribution in [2.75, 3.05) is 0 Å². The fourth-order valence-electron chi connectivity index (χ4n) is 1.07. The summed E-state index contributed by atoms with van der Waals surface area (Å²) >= 11 is 0.